The minimum absolute atomic E-state index is 0.0952. The van der Waals surface area contributed by atoms with Crippen LogP contribution in [0.15, 0.2) is 72.8 Å². The minimum atomic E-state index is -0.620. The second kappa shape index (κ2) is 9.41. The highest BCUT2D eigenvalue weighted by atomic mass is 19.1. The number of nitrogens with one attached hydrogen (secondary N) is 1. The number of hydrogen-bond acceptors (Lipinski definition) is 2. The standard InChI is InChI=1S/C28H29F2NO/c29-22-15-25(28(26(30)16-22)32-18-19-7-3-1-4-8-19)24-17-27(24)31-23-13-11-21(12-14-23)20-9-5-2-6-10-20/h1-10,15-16,21,23-24,27,31H,11-14,17-18H2/t21?,23?,24-,27+/m0/s1. The lowest BCUT2D eigenvalue weighted by Crippen LogP contribution is -2.34. The molecule has 0 aromatic heterocycles. The monoisotopic (exact) mass is 433 g/mol. The van der Waals surface area contributed by atoms with Crippen LogP contribution in [0.2, 0.25) is 0 Å². The van der Waals surface area contributed by atoms with E-state index in [0.717, 1.165) is 30.9 Å². The highest BCUT2D eigenvalue weighted by Gasteiger charge is 2.42. The number of halogens is 2. The molecule has 0 amide bonds. The molecule has 0 radical (unpaired) electrons. The van der Waals surface area contributed by atoms with E-state index in [1.165, 1.54) is 24.5 Å². The maximum Gasteiger partial charge on any atom is 0.168 e. The normalized spacial score (nSPS) is 24.8. The molecule has 2 aliphatic rings. The molecule has 0 heterocycles. The van der Waals surface area contributed by atoms with E-state index in [0.29, 0.717) is 17.5 Å². The van der Waals surface area contributed by atoms with Gasteiger partial charge in [-0.05, 0) is 55.2 Å². The van der Waals surface area contributed by atoms with Gasteiger partial charge in [0.2, 0.25) is 0 Å². The quantitative estimate of drug-likeness (QED) is 0.447. The van der Waals surface area contributed by atoms with Crippen LogP contribution in [-0.2, 0) is 6.61 Å². The van der Waals surface area contributed by atoms with Gasteiger partial charge in [-0.2, -0.15) is 0 Å². The molecule has 2 saturated carbocycles. The van der Waals surface area contributed by atoms with Crippen molar-refractivity contribution in [1.82, 2.24) is 5.32 Å². The third kappa shape index (κ3) is 4.86. The van der Waals surface area contributed by atoms with E-state index in [4.69, 9.17) is 4.74 Å². The van der Waals surface area contributed by atoms with E-state index in [-0.39, 0.29) is 24.3 Å². The van der Waals surface area contributed by atoms with E-state index < -0.39 is 11.6 Å². The molecule has 32 heavy (non-hydrogen) atoms. The van der Waals surface area contributed by atoms with Crippen LogP contribution in [0.5, 0.6) is 5.75 Å². The molecule has 4 heteroatoms. The van der Waals surface area contributed by atoms with Crippen LogP contribution in [0.4, 0.5) is 8.78 Å². The lowest BCUT2D eigenvalue weighted by atomic mass is 9.82. The van der Waals surface area contributed by atoms with Crippen molar-refractivity contribution < 1.29 is 13.5 Å². The zero-order valence-corrected chi connectivity index (χ0v) is 18.1. The predicted molar refractivity (Wildman–Crippen MR) is 123 cm³/mol. The fourth-order valence-electron chi connectivity index (χ4n) is 5.08. The van der Waals surface area contributed by atoms with Gasteiger partial charge in [0.05, 0.1) is 0 Å². The highest BCUT2D eigenvalue weighted by Crippen LogP contribution is 2.47. The maximum atomic E-state index is 14.6. The molecule has 3 aromatic carbocycles. The van der Waals surface area contributed by atoms with Crippen LogP contribution in [-0.4, -0.2) is 12.1 Å². The Hall–Kier alpha value is -2.72. The Morgan fingerprint density at radius 2 is 1.53 bits per heavy atom. The van der Waals surface area contributed by atoms with Gasteiger partial charge in [0.1, 0.15) is 12.4 Å². The van der Waals surface area contributed by atoms with Crippen LogP contribution in [0.3, 0.4) is 0 Å². The first kappa shape index (κ1) is 21.1. The van der Waals surface area contributed by atoms with E-state index in [1.54, 1.807) is 0 Å². The molecule has 0 aliphatic heterocycles. The molecule has 2 aliphatic carbocycles. The second-order valence-corrected chi connectivity index (χ2v) is 9.15. The lowest BCUT2D eigenvalue weighted by Gasteiger charge is -2.29. The summed E-state index contributed by atoms with van der Waals surface area (Å²) in [4.78, 5) is 0. The molecule has 1 N–H and O–H groups in total. The van der Waals surface area contributed by atoms with Crippen molar-refractivity contribution >= 4 is 0 Å². The summed E-state index contributed by atoms with van der Waals surface area (Å²) < 4.78 is 34.5. The van der Waals surface area contributed by atoms with Crippen molar-refractivity contribution in [2.24, 2.45) is 0 Å². The van der Waals surface area contributed by atoms with Crippen LogP contribution in [0, 0.1) is 11.6 Å². The molecule has 0 spiro atoms. The molecular weight excluding hydrogens is 404 g/mol. The molecule has 0 unspecified atom stereocenters. The zero-order valence-electron chi connectivity index (χ0n) is 18.1. The number of hydrogen-bond donors (Lipinski definition) is 1. The van der Waals surface area contributed by atoms with Crippen molar-refractivity contribution in [3.63, 3.8) is 0 Å². The third-order valence-electron chi connectivity index (χ3n) is 6.90. The smallest absolute Gasteiger partial charge is 0.168 e. The van der Waals surface area contributed by atoms with Gasteiger partial charge in [-0.25, -0.2) is 8.78 Å². The molecular formula is C28H29F2NO. The Labute approximate surface area is 188 Å². The van der Waals surface area contributed by atoms with Gasteiger partial charge in [-0.15, -0.1) is 0 Å². The number of rotatable bonds is 7. The first-order chi connectivity index (χ1) is 15.7. The molecule has 2 nitrogen and oxygen atoms in total. The topological polar surface area (TPSA) is 21.3 Å². The van der Waals surface area contributed by atoms with E-state index in [1.807, 2.05) is 30.3 Å². The molecule has 5 rings (SSSR count). The fourth-order valence-corrected chi connectivity index (χ4v) is 5.08. The van der Waals surface area contributed by atoms with Gasteiger partial charge in [-0.1, -0.05) is 60.7 Å². The van der Waals surface area contributed by atoms with Crippen molar-refractivity contribution in [2.75, 3.05) is 0 Å². The van der Waals surface area contributed by atoms with Gasteiger partial charge < -0.3 is 10.1 Å². The van der Waals surface area contributed by atoms with Gasteiger partial charge in [0.25, 0.3) is 0 Å². The average Bonchev–Trinajstić information content (AvgIpc) is 3.59. The first-order valence-electron chi connectivity index (χ1n) is 11.6. The van der Waals surface area contributed by atoms with Gasteiger partial charge in [0, 0.05) is 29.6 Å². The summed E-state index contributed by atoms with van der Waals surface area (Å²) in [5.41, 5.74) is 3.04. The molecule has 2 fully saturated rings. The summed E-state index contributed by atoms with van der Waals surface area (Å²) in [7, 11) is 0. The summed E-state index contributed by atoms with van der Waals surface area (Å²) in [6.07, 6.45) is 5.52. The number of benzene rings is 3. The summed E-state index contributed by atoms with van der Waals surface area (Å²) in [5, 5.41) is 3.75. The summed E-state index contributed by atoms with van der Waals surface area (Å²) in [6, 6.07) is 23.5. The van der Waals surface area contributed by atoms with Crippen molar-refractivity contribution in [3.8, 4) is 5.75 Å². The van der Waals surface area contributed by atoms with Crippen molar-refractivity contribution in [3.05, 3.63) is 101 Å². The van der Waals surface area contributed by atoms with Gasteiger partial charge >= 0.3 is 0 Å². The van der Waals surface area contributed by atoms with Crippen LogP contribution in [0.1, 0.15) is 60.6 Å². The Morgan fingerprint density at radius 1 is 0.844 bits per heavy atom. The van der Waals surface area contributed by atoms with Gasteiger partial charge in [-0.3, -0.25) is 0 Å². The highest BCUT2D eigenvalue weighted by molar-refractivity contribution is 5.42. The maximum absolute atomic E-state index is 14.6. The summed E-state index contributed by atoms with van der Waals surface area (Å²) in [5.74, 6) is -0.238. The molecule has 166 valence electrons. The zero-order chi connectivity index (χ0) is 21.9. The van der Waals surface area contributed by atoms with Crippen molar-refractivity contribution in [1.29, 1.82) is 0 Å². The Morgan fingerprint density at radius 3 is 2.25 bits per heavy atom. The van der Waals surface area contributed by atoms with E-state index >= 15 is 0 Å². The van der Waals surface area contributed by atoms with E-state index in [9.17, 15) is 8.78 Å². The predicted octanol–water partition coefficient (Wildman–Crippen LogP) is 6.72. The second-order valence-electron chi connectivity index (χ2n) is 9.15. The first-order valence-corrected chi connectivity index (χ1v) is 11.6. The molecule has 0 bridgehead atoms. The lowest BCUT2D eigenvalue weighted by molar-refractivity contribution is 0.285. The average molecular weight is 434 g/mol. The van der Waals surface area contributed by atoms with Crippen LogP contribution < -0.4 is 10.1 Å². The SMILES string of the molecule is Fc1cc(F)c(OCc2ccccc2)c([C@@H]2C[C@H]2NC2CCC(c3ccccc3)CC2)c1. The Bertz CT molecular complexity index is 1030. The number of ether oxygens (including phenoxy) is 1. The third-order valence-corrected chi connectivity index (χ3v) is 6.90. The molecule has 2 atom stereocenters. The van der Waals surface area contributed by atoms with Crippen LogP contribution in [0.25, 0.3) is 0 Å². The summed E-state index contributed by atoms with van der Waals surface area (Å²) >= 11 is 0. The van der Waals surface area contributed by atoms with E-state index in [2.05, 4.69) is 35.6 Å². The minimum Gasteiger partial charge on any atom is -0.486 e. The Balaban J connectivity index is 1.20. The van der Waals surface area contributed by atoms with Crippen LogP contribution >= 0.6 is 0 Å². The largest absolute Gasteiger partial charge is 0.486 e. The van der Waals surface area contributed by atoms with Crippen molar-refractivity contribution in [2.45, 2.75) is 62.6 Å². The summed E-state index contributed by atoms with van der Waals surface area (Å²) in [6.45, 7) is 0.269. The Kier molecular flexibility index (Phi) is 6.22. The fraction of sp³-hybridized carbons (Fsp3) is 0.357. The molecule has 0 saturated heterocycles. The van der Waals surface area contributed by atoms with Gasteiger partial charge in [0.15, 0.2) is 11.6 Å². The molecule has 3 aromatic rings.